The van der Waals surface area contributed by atoms with E-state index in [1.165, 1.54) is 20.7 Å². The number of carbonyl (C=O) groups excluding carboxylic acids is 1. The number of amides is 1. The zero-order valence-corrected chi connectivity index (χ0v) is 24.8. The lowest BCUT2D eigenvalue weighted by Gasteiger charge is -2.34. The number of piperazine rings is 1. The van der Waals surface area contributed by atoms with Crippen molar-refractivity contribution in [2.24, 2.45) is 0 Å². The topological polar surface area (TPSA) is 107 Å². The van der Waals surface area contributed by atoms with Gasteiger partial charge in [-0.15, -0.1) is 0 Å². The quantitative estimate of drug-likeness (QED) is 0.423. The molecule has 0 unspecified atom stereocenters. The second kappa shape index (κ2) is 12.4. The van der Waals surface area contributed by atoms with Crippen LogP contribution in [0.3, 0.4) is 0 Å². The van der Waals surface area contributed by atoms with Crippen LogP contribution in [0, 0.1) is 6.92 Å². The molecule has 1 N–H and O–H groups in total. The predicted molar refractivity (Wildman–Crippen MR) is 159 cm³/mol. The Balaban J connectivity index is 1.13. The van der Waals surface area contributed by atoms with Crippen molar-refractivity contribution in [3.63, 3.8) is 0 Å². The molecule has 0 radical (unpaired) electrons. The molecule has 0 atom stereocenters. The lowest BCUT2D eigenvalue weighted by Crippen LogP contribution is -2.48. The molecule has 5 rings (SSSR count). The number of aryl methyl sites for hydroxylation is 1. The van der Waals surface area contributed by atoms with Gasteiger partial charge in [0.15, 0.2) is 0 Å². The molecule has 0 aromatic heterocycles. The van der Waals surface area contributed by atoms with Crippen LogP contribution in [0.1, 0.15) is 40.7 Å². The summed E-state index contributed by atoms with van der Waals surface area (Å²) in [4.78, 5) is 15.6. The molecule has 0 saturated carbocycles. The maximum Gasteiger partial charge on any atom is 0.255 e. The molecule has 0 aliphatic carbocycles. The van der Waals surface area contributed by atoms with E-state index >= 15 is 0 Å². The molecule has 218 valence electrons. The van der Waals surface area contributed by atoms with E-state index in [4.69, 9.17) is 0 Å². The zero-order chi connectivity index (χ0) is 29.0. The average molecular weight is 597 g/mol. The zero-order valence-electron chi connectivity index (χ0n) is 23.2. The number of hydrogen-bond donors (Lipinski definition) is 1. The molecule has 11 heteroatoms. The number of benzene rings is 3. The number of hydrogen-bond acceptors (Lipinski definition) is 6. The number of carbonyl (C=O) groups is 1. The molecule has 2 heterocycles. The van der Waals surface area contributed by atoms with Crippen molar-refractivity contribution in [1.82, 2.24) is 13.5 Å². The predicted octanol–water partition coefficient (Wildman–Crippen LogP) is 3.93. The highest BCUT2D eigenvalue weighted by atomic mass is 32.2. The van der Waals surface area contributed by atoms with Gasteiger partial charge in [0.1, 0.15) is 0 Å². The molecule has 3 aromatic carbocycles. The Morgan fingerprint density at radius 3 is 1.73 bits per heavy atom. The van der Waals surface area contributed by atoms with E-state index < -0.39 is 20.0 Å². The summed E-state index contributed by atoms with van der Waals surface area (Å²) in [6, 6.07) is 20.6. The molecule has 0 bridgehead atoms. The van der Waals surface area contributed by atoms with Crippen LogP contribution in [0.5, 0.6) is 0 Å². The highest BCUT2D eigenvalue weighted by Gasteiger charge is 2.28. The molecular formula is C30H36N4O5S2. The summed E-state index contributed by atoms with van der Waals surface area (Å²) >= 11 is 0. The van der Waals surface area contributed by atoms with Gasteiger partial charge in [0.25, 0.3) is 5.91 Å². The van der Waals surface area contributed by atoms with Crippen molar-refractivity contribution in [3.8, 4) is 0 Å². The van der Waals surface area contributed by atoms with Crippen LogP contribution in [0.2, 0.25) is 0 Å². The van der Waals surface area contributed by atoms with Gasteiger partial charge >= 0.3 is 0 Å². The lowest BCUT2D eigenvalue weighted by molar-refractivity contribution is 0.102. The third kappa shape index (κ3) is 6.87. The van der Waals surface area contributed by atoms with Gasteiger partial charge in [-0.3, -0.25) is 9.69 Å². The molecule has 1 amide bonds. The number of sulfonamides is 2. The first-order valence-electron chi connectivity index (χ1n) is 13.9. The summed E-state index contributed by atoms with van der Waals surface area (Å²) in [6.07, 6.45) is 2.81. The summed E-state index contributed by atoms with van der Waals surface area (Å²) in [6.45, 7) is 5.77. The van der Waals surface area contributed by atoms with Crippen LogP contribution >= 0.6 is 0 Å². The largest absolute Gasteiger partial charge is 0.322 e. The smallest absolute Gasteiger partial charge is 0.255 e. The fourth-order valence-corrected chi connectivity index (χ4v) is 8.11. The SMILES string of the molecule is Cc1ccc(S(=O)(=O)N2CCN(Cc3ccc(C(=O)Nc4ccc(S(=O)(=O)N5CCCCC5)cc4)cc3)CC2)cc1. The first-order valence-corrected chi connectivity index (χ1v) is 16.8. The third-order valence-corrected chi connectivity index (χ3v) is 11.5. The highest BCUT2D eigenvalue weighted by molar-refractivity contribution is 7.89. The van der Waals surface area contributed by atoms with Crippen molar-refractivity contribution < 1.29 is 21.6 Å². The monoisotopic (exact) mass is 596 g/mol. The summed E-state index contributed by atoms with van der Waals surface area (Å²) in [5.74, 6) is -0.280. The van der Waals surface area contributed by atoms with Crippen LogP contribution in [0.15, 0.2) is 82.6 Å². The maximum atomic E-state index is 13.0. The van der Waals surface area contributed by atoms with Crippen molar-refractivity contribution in [1.29, 1.82) is 0 Å². The van der Waals surface area contributed by atoms with Gasteiger partial charge < -0.3 is 5.32 Å². The summed E-state index contributed by atoms with van der Waals surface area (Å²) in [5, 5.41) is 2.83. The Kier molecular flexibility index (Phi) is 8.91. The molecule has 2 aliphatic rings. The lowest BCUT2D eigenvalue weighted by atomic mass is 10.1. The minimum atomic E-state index is -3.52. The Bertz CT molecular complexity index is 1560. The van der Waals surface area contributed by atoms with Gasteiger partial charge in [-0.1, -0.05) is 36.2 Å². The van der Waals surface area contributed by atoms with Gasteiger partial charge in [-0.05, 0) is 73.9 Å². The van der Waals surface area contributed by atoms with Gasteiger partial charge in [0.05, 0.1) is 9.79 Å². The minimum Gasteiger partial charge on any atom is -0.322 e. The number of nitrogens with one attached hydrogen (secondary N) is 1. The Hall–Kier alpha value is -3.09. The molecule has 9 nitrogen and oxygen atoms in total. The molecule has 41 heavy (non-hydrogen) atoms. The molecule has 2 aliphatic heterocycles. The number of piperidine rings is 1. The van der Waals surface area contributed by atoms with Crippen LogP contribution in [-0.2, 0) is 26.6 Å². The molecule has 2 fully saturated rings. The van der Waals surface area contributed by atoms with Crippen LogP contribution in [0.25, 0.3) is 0 Å². The molecule has 0 spiro atoms. The van der Waals surface area contributed by atoms with E-state index in [0.29, 0.717) is 62.0 Å². The second-order valence-corrected chi connectivity index (χ2v) is 14.5. The minimum absolute atomic E-state index is 0.232. The van der Waals surface area contributed by atoms with E-state index in [1.807, 2.05) is 31.2 Å². The molecule has 2 saturated heterocycles. The van der Waals surface area contributed by atoms with Gasteiger partial charge in [0, 0.05) is 57.1 Å². The fourth-order valence-electron chi connectivity index (χ4n) is 5.17. The summed E-state index contributed by atoms with van der Waals surface area (Å²) < 4.78 is 54.7. The van der Waals surface area contributed by atoms with Crippen molar-refractivity contribution in [2.75, 3.05) is 44.6 Å². The number of nitrogens with zero attached hydrogens (tertiary/aromatic N) is 3. The van der Waals surface area contributed by atoms with Gasteiger partial charge in [-0.2, -0.15) is 8.61 Å². The highest BCUT2D eigenvalue weighted by Crippen LogP contribution is 2.23. The van der Waals surface area contributed by atoms with E-state index in [1.54, 1.807) is 36.4 Å². The van der Waals surface area contributed by atoms with E-state index in [0.717, 1.165) is 30.4 Å². The number of rotatable bonds is 8. The Morgan fingerprint density at radius 2 is 1.17 bits per heavy atom. The third-order valence-electron chi connectivity index (χ3n) is 7.68. The van der Waals surface area contributed by atoms with Crippen LogP contribution < -0.4 is 5.32 Å². The maximum absolute atomic E-state index is 13.0. The van der Waals surface area contributed by atoms with E-state index in [9.17, 15) is 21.6 Å². The Morgan fingerprint density at radius 1 is 0.659 bits per heavy atom. The molecule has 3 aromatic rings. The first-order chi connectivity index (χ1) is 19.6. The van der Waals surface area contributed by atoms with Gasteiger partial charge in [0.2, 0.25) is 20.0 Å². The Labute approximate surface area is 242 Å². The van der Waals surface area contributed by atoms with Gasteiger partial charge in [-0.25, -0.2) is 16.8 Å². The van der Waals surface area contributed by atoms with Crippen molar-refractivity contribution in [2.45, 2.75) is 42.5 Å². The first kappa shape index (κ1) is 29.4. The summed E-state index contributed by atoms with van der Waals surface area (Å²) in [5.41, 5.74) is 3.07. The number of anilines is 1. The van der Waals surface area contributed by atoms with Crippen molar-refractivity contribution in [3.05, 3.63) is 89.5 Å². The van der Waals surface area contributed by atoms with Crippen LogP contribution in [0.4, 0.5) is 5.69 Å². The van der Waals surface area contributed by atoms with E-state index in [2.05, 4.69) is 10.2 Å². The normalized spacial score (nSPS) is 17.8. The van der Waals surface area contributed by atoms with E-state index in [-0.39, 0.29) is 10.8 Å². The van der Waals surface area contributed by atoms with Crippen LogP contribution in [-0.4, -0.2) is 75.5 Å². The van der Waals surface area contributed by atoms with Crippen molar-refractivity contribution >= 4 is 31.6 Å². The molecular weight excluding hydrogens is 560 g/mol. The fraction of sp³-hybridized carbons (Fsp3) is 0.367. The standard InChI is InChI=1S/C30H36N4O5S2/c1-24-5-13-28(14-6-24)41(38,39)34-21-19-32(20-22-34)23-25-7-9-26(10-8-25)30(35)31-27-11-15-29(16-12-27)40(36,37)33-17-3-2-4-18-33/h5-16H,2-4,17-23H2,1H3,(H,31,35). The average Bonchev–Trinajstić information content (AvgIpc) is 2.99. The summed E-state index contributed by atoms with van der Waals surface area (Å²) in [7, 11) is -7.02. The second-order valence-electron chi connectivity index (χ2n) is 10.6.